The van der Waals surface area contributed by atoms with Crippen molar-refractivity contribution in [2.24, 2.45) is 0 Å². The molecule has 3 heterocycles. The van der Waals surface area contributed by atoms with E-state index >= 15 is 0 Å². The summed E-state index contributed by atoms with van der Waals surface area (Å²) in [6.07, 6.45) is 4.35. The zero-order valence-corrected chi connectivity index (χ0v) is 19.0. The molecule has 0 aliphatic rings. The number of benzene rings is 1. The number of nitrogens with one attached hydrogen (secondary N) is 1. The fourth-order valence-electron chi connectivity index (χ4n) is 3.28. The third-order valence-electron chi connectivity index (χ3n) is 4.75. The largest absolute Gasteiger partial charge is 0.355 e. The van der Waals surface area contributed by atoms with E-state index in [0.717, 1.165) is 23.2 Å². The Hall–Kier alpha value is -2.97. The number of nitrogens with zero attached hydrogens (tertiary/aromatic N) is 4. The standard InChI is InChI=1S/C23H23N5OS2/c1-16-7-8-20(17(2)13-16)28-22(18-5-3-10-24-14-18)26-27-23(28)31-15-21(29)25-11-9-19-6-4-12-30-19/h3-8,10,12-14H,9,11,15H2,1-2H3,(H,25,29). The van der Waals surface area contributed by atoms with Crippen molar-refractivity contribution in [1.29, 1.82) is 0 Å². The number of hydrogen-bond acceptors (Lipinski definition) is 6. The van der Waals surface area contributed by atoms with Gasteiger partial charge in [0.15, 0.2) is 11.0 Å². The molecule has 0 radical (unpaired) electrons. The number of aryl methyl sites for hydroxylation is 2. The van der Waals surface area contributed by atoms with E-state index in [2.05, 4.69) is 58.6 Å². The molecule has 3 aromatic heterocycles. The smallest absolute Gasteiger partial charge is 0.230 e. The van der Waals surface area contributed by atoms with Crippen LogP contribution < -0.4 is 5.32 Å². The molecule has 8 heteroatoms. The number of carbonyl (C=O) groups is 1. The normalized spacial score (nSPS) is 10.9. The van der Waals surface area contributed by atoms with Gasteiger partial charge in [-0.1, -0.05) is 35.5 Å². The minimum absolute atomic E-state index is 0.0142. The fraction of sp³-hybridized carbons (Fsp3) is 0.217. The minimum atomic E-state index is -0.0142. The van der Waals surface area contributed by atoms with Crippen LogP contribution in [-0.2, 0) is 11.2 Å². The van der Waals surface area contributed by atoms with Crippen molar-refractivity contribution < 1.29 is 4.79 Å². The van der Waals surface area contributed by atoms with Gasteiger partial charge in [-0.05, 0) is 55.5 Å². The van der Waals surface area contributed by atoms with Gasteiger partial charge in [0, 0.05) is 29.4 Å². The summed E-state index contributed by atoms with van der Waals surface area (Å²) >= 11 is 3.09. The topological polar surface area (TPSA) is 72.7 Å². The van der Waals surface area contributed by atoms with Crippen molar-refractivity contribution in [3.05, 3.63) is 76.2 Å². The van der Waals surface area contributed by atoms with Crippen molar-refractivity contribution in [2.75, 3.05) is 12.3 Å². The van der Waals surface area contributed by atoms with Gasteiger partial charge in [0.25, 0.3) is 0 Å². The maximum Gasteiger partial charge on any atom is 0.230 e. The molecule has 0 saturated heterocycles. The molecule has 1 aromatic carbocycles. The first kappa shape index (κ1) is 21.3. The van der Waals surface area contributed by atoms with Gasteiger partial charge in [-0.3, -0.25) is 14.3 Å². The van der Waals surface area contributed by atoms with Gasteiger partial charge in [-0.25, -0.2) is 0 Å². The Balaban J connectivity index is 1.53. The first-order chi connectivity index (χ1) is 15.1. The van der Waals surface area contributed by atoms with E-state index in [1.54, 1.807) is 23.7 Å². The van der Waals surface area contributed by atoms with E-state index in [1.807, 2.05) is 28.1 Å². The van der Waals surface area contributed by atoms with Crippen molar-refractivity contribution in [1.82, 2.24) is 25.1 Å². The molecule has 0 aliphatic carbocycles. The average Bonchev–Trinajstić information content (AvgIpc) is 3.43. The molecule has 0 spiro atoms. The van der Waals surface area contributed by atoms with Crippen molar-refractivity contribution >= 4 is 29.0 Å². The Morgan fingerprint density at radius 2 is 2.06 bits per heavy atom. The maximum atomic E-state index is 12.4. The number of carbonyl (C=O) groups excluding carboxylic acids is 1. The van der Waals surface area contributed by atoms with Gasteiger partial charge < -0.3 is 5.32 Å². The highest BCUT2D eigenvalue weighted by Gasteiger charge is 2.18. The molecule has 1 amide bonds. The molecule has 4 aromatic rings. The Morgan fingerprint density at radius 1 is 1.16 bits per heavy atom. The van der Waals surface area contributed by atoms with Crippen LogP contribution in [-0.4, -0.2) is 38.0 Å². The van der Waals surface area contributed by atoms with Crippen LogP contribution >= 0.6 is 23.1 Å². The van der Waals surface area contributed by atoms with Gasteiger partial charge in [-0.2, -0.15) is 0 Å². The lowest BCUT2D eigenvalue weighted by Gasteiger charge is -2.13. The summed E-state index contributed by atoms with van der Waals surface area (Å²) in [5.41, 5.74) is 4.18. The summed E-state index contributed by atoms with van der Waals surface area (Å²) in [5.74, 6) is 0.973. The number of amides is 1. The number of aromatic nitrogens is 4. The Morgan fingerprint density at radius 3 is 2.81 bits per heavy atom. The van der Waals surface area contributed by atoms with Crippen LogP contribution in [0.25, 0.3) is 17.1 Å². The zero-order valence-electron chi connectivity index (χ0n) is 17.4. The van der Waals surface area contributed by atoms with Crippen molar-refractivity contribution in [2.45, 2.75) is 25.4 Å². The SMILES string of the molecule is Cc1ccc(-n2c(SCC(=O)NCCc3cccs3)nnc2-c2cccnc2)c(C)c1. The quantitative estimate of drug-likeness (QED) is 0.402. The van der Waals surface area contributed by atoms with Crippen LogP contribution in [0.15, 0.2) is 65.4 Å². The fourth-order valence-corrected chi connectivity index (χ4v) is 4.76. The third-order valence-corrected chi connectivity index (χ3v) is 6.62. The highest BCUT2D eigenvalue weighted by molar-refractivity contribution is 7.99. The predicted octanol–water partition coefficient (Wildman–Crippen LogP) is 4.46. The molecule has 0 atom stereocenters. The van der Waals surface area contributed by atoms with Crippen LogP contribution in [0.4, 0.5) is 0 Å². The summed E-state index contributed by atoms with van der Waals surface area (Å²) in [5, 5.41) is 14.5. The van der Waals surface area contributed by atoms with Gasteiger partial charge in [0.2, 0.25) is 5.91 Å². The van der Waals surface area contributed by atoms with E-state index in [9.17, 15) is 4.79 Å². The number of rotatable bonds is 8. The summed E-state index contributed by atoms with van der Waals surface area (Å²) < 4.78 is 2.01. The van der Waals surface area contributed by atoms with Crippen LogP contribution in [0, 0.1) is 13.8 Å². The van der Waals surface area contributed by atoms with Gasteiger partial charge >= 0.3 is 0 Å². The van der Waals surface area contributed by atoms with Crippen LogP contribution in [0.5, 0.6) is 0 Å². The van der Waals surface area contributed by atoms with E-state index in [-0.39, 0.29) is 11.7 Å². The Kier molecular flexibility index (Phi) is 6.79. The first-order valence-corrected chi connectivity index (χ1v) is 11.8. The van der Waals surface area contributed by atoms with Crippen molar-refractivity contribution in [3.8, 4) is 17.1 Å². The lowest BCUT2D eigenvalue weighted by Crippen LogP contribution is -2.27. The monoisotopic (exact) mass is 449 g/mol. The molecule has 0 aliphatic heterocycles. The highest BCUT2D eigenvalue weighted by atomic mass is 32.2. The van der Waals surface area contributed by atoms with Crippen LogP contribution in [0.1, 0.15) is 16.0 Å². The lowest BCUT2D eigenvalue weighted by molar-refractivity contribution is -0.118. The molecule has 6 nitrogen and oxygen atoms in total. The zero-order chi connectivity index (χ0) is 21.6. The molecule has 0 fully saturated rings. The average molecular weight is 450 g/mol. The molecule has 0 unspecified atom stereocenters. The van der Waals surface area contributed by atoms with E-state index in [0.29, 0.717) is 17.5 Å². The van der Waals surface area contributed by atoms with Gasteiger partial charge in [0.05, 0.1) is 11.4 Å². The summed E-state index contributed by atoms with van der Waals surface area (Å²) in [7, 11) is 0. The number of pyridine rings is 1. The lowest BCUT2D eigenvalue weighted by atomic mass is 10.1. The summed E-state index contributed by atoms with van der Waals surface area (Å²) in [4.78, 5) is 17.9. The molecule has 31 heavy (non-hydrogen) atoms. The summed E-state index contributed by atoms with van der Waals surface area (Å²) in [6.45, 7) is 4.77. The molecule has 0 bridgehead atoms. The Labute approximate surface area is 189 Å². The molecule has 158 valence electrons. The van der Waals surface area contributed by atoms with E-state index in [1.165, 1.54) is 22.2 Å². The second kappa shape index (κ2) is 9.89. The number of hydrogen-bond donors (Lipinski definition) is 1. The van der Waals surface area contributed by atoms with Crippen LogP contribution in [0.2, 0.25) is 0 Å². The minimum Gasteiger partial charge on any atom is -0.355 e. The predicted molar refractivity (Wildman–Crippen MR) is 126 cm³/mol. The van der Waals surface area contributed by atoms with Crippen molar-refractivity contribution in [3.63, 3.8) is 0 Å². The number of thioether (sulfide) groups is 1. The third kappa shape index (κ3) is 5.21. The van der Waals surface area contributed by atoms with E-state index < -0.39 is 0 Å². The second-order valence-corrected chi connectivity index (χ2v) is 9.12. The second-order valence-electron chi connectivity index (χ2n) is 7.14. The maximum absolute atomic E-state index is 12.4. The number of thiophene rings is 1. The van der Waals surface area contributed by atoms with Gasteiger partial charge in [-0.15, -0.1) is 21.5 Å². The highest BCUT2D eigenvalue weighted by Crippen LogP contribution is 2.29. The Bertz CT molecular complexity index is 1160. The first-order valence-electron chi connectivity index (χ1n) is 9.97. The molecule has 4 rings (SSSR count). The molecular formula is C23H23N5OS2. The molecular weight excluding hydrogens is 426 g/mol. The van der Waals surface area contributed by atoms with Crippen LogP contribution in [0.3, 0.4) is 0 Å². The summed E-state index contributed by atoms with van der Waals surface area (Å²) in [6, 6.07) is 14.2. The molecule has 1 N–H and O–H groups in total. The van der Waals surface area contributed by atoms with Gasteiger partial charge in [0.1, 0.15) is 0 Å². The molecule has 0 saturated carbocycles. The van der Waals surface area contributed by atoms with E-state index in [4.69, 9.17) is 0 Å².